The van der Waals surface area contributed by atoms with Crippen LogP contribution in [0.3, 0.4) is 0 Å². The van der Waals surface area contributed by atoms with Gasteiger partial charge in [-0.3, -0.25) is 4.79 Å². The second-order valence-corrected chi connectivity index (χ2v) is 4.47. The van der Waals surface area contributed by atoms with E-state index in [1.54, 1.807) is 31.2 Å². The standard InChI is InChI=1S/C13H17F3N2O/c1-9(10-4-3-5-11(17)8-10)18(2)12(19)6-7-13(14,15)16/h3-5,8-9H,6-7,17H2,1-2H3. The number of hydrogen-bond donors (Lipinski definition) is 1. The Morgan fingerprint density at radius 2 is 2.05 bits per heavy atom. The molecule has 3 nitrogen and oxygen atoms in total. The zero-order chi connectivity index (χ0) is 14.6. The van der Waals surface area contributed by atoms with E-state index in [-0.39, 0.29) is 6.04 Å². The molecular weight excluding hydrogens is 257 g/mol. The molecule has 0 aliphatic carbocycles. The van der Waals surface area contributed by atoms with E-state index in [1.165, 1.54) is 11.9 Å². The van der Waals surface area contributed by atoms with Crippen molar-refractivity contribution in [2.45, 2.75) is 32.0 Å². The average molecular weight is 274 g/mol. The lowest BCUT2D eigenvalue weighted by Gasteiger charge is -2.25. The first-order chi connectivity index (χ1) is 8.70. The minimum absolute atomic E-state index is 0.316. The smallest absolute Gasteiger partial charge is 0.389 e. The maximum atomic E-state index is 12.1. The summed E-state index contributed by atoms with van der Waals surface area (Å²) in [5, 5.41) is 0. The first-order valence-corrected chi connectivity index (χ1v) is 5.88. The molecule has 19 heavy (non-hydrogen) atoms. The van der Waals surface area contributed by atoms with Crippen LogP contribution in [0.4, 0.5) is 18.9 Å². The van der Waals surface area contributed by atoms with Gasteiger partial charge in [-0.15, -0.1) is 0 Å². The summed E-state index contributed by atoms with van der Waals surface area (Å²) in [4.78, 5) is 13.0. The highest BCUT2D eigenvalue weighted by molar-refractivity contribution is 5.76. The van der Waals surface area contributed by atoms with Crippen molar-refractivity contribution in [2.75, 3.05) is 12.8 Å². The van der Waals surface area contributed by atoms with Crippen molar-refractivity contribution in [3.63, 3.8) is 0 Å². The zero-order valence-electron chi connectivity index (χ0n) is 10.9. The van der Waals surface area contributed by atoms with Crippen LogP contribution in [0.5, 0.6) is 0 Å². The molecule has 1 rings (SSSR count). The van der Waals surface area contributed by atoms with Gasteiger partial charge in [0.1, 0.15) is 0 Å². The number of alkyl halides is 3. The molecule has 0 heterocycles. The molecule has 106 valence electrons. The summed E-state index contributed by atoms with van der Waals surface area (Å²) >= 11 is 0. The number of carbonyl (C=O) groups is 1. The maximum absolute atomic E-state index is 12.1. The van der Waals surface area contributed by atoms with E-state index in [0.717, 1.165) is 5.56 Å². The number of nitrogen functional groups attached to an aromatic ring is 1. The predicted octanol–water partition coefficient (Wildman–Crippen LogP) is 3.13. The van der Waals surface area contributed by atoms with E-state index in [0.29, 0.717) is 5.69 Å². The summed E-state index contributed by atoms with van der Waals surface area (Å²) in [5.41, 5.74) is 6.99. The highest BCUT2D eigenvalue weighted by atomic mass is 19.4. The van der Waals surface area contributed by atoms with Gasteiger partial charge in [0, 0.05) is 19.2 Å². The Morgan fingerprint density at radius 1 is 1.42 bits per heavy atom. The molecule has 2 N–H and O–H groups in total. The van der Waals surface area contributed by atoms with Gasteiger partial charge in [0.15, 0.2) is 0 Å². The van der Waals surface area contributed by atoms with E-state index in [2.05, 4.69) is 0 Å². The lowest BCUT2D eigenvalue weighted by atomic mass is 10.1. The Balaban J connectivity index is 2.66. The Hall–Kier alpha value is -1.72. The maximum Gasteiger partial charge on any atom is 0.389 e. The molecule has 0 aliphatic rings. The molecule has 0 fully saturated rings. The van der Waals surface area contributed by atoms with Gasteiger partial charge >= 0.3 is 6.18 Å². The molecule has 6 heteroatoms. The van der Waals surface area contributed by atoms with Crippen molar-refractivity contribution in [3.8, 4) is 0 Å². The Labute approximate surface area is 110 Å². The summed E-state index contributed by atoms with van der Waals surface area (Å²) in [7, 11) is 1.49. The van der Waals surface area contributed by atoms with Gasteiger partial charge in [-0.1, -0.05) is 12.1 Å². The average Bonchev–Trinajstić information content (AvgIpc) is 2.33. The fraction of sp³-hybridized carbons (Fsp3) is 0.462. The number of amides is 1. The topological polar surface area (TPSA) is 46.3 Å². The quantitative estimate of drug-likeness (QED) is 0.857. The third kappa shape index (κ3) is 4.81. The minimum atomic E-state index is -4.31. The van der Waals surface area contributed by atoms with Crippen LogP contribution >= 0.6 is 0 Å². The lowest BCUT2D eigenvalue weighted by Crippen LogP contribution is -2.30. The van der Waals surface area contributed by atoms with Crippen molar-refractivity contribution >= 4 is 11.6 Å². The predicted molar refractivity (Wildman–Crippen MR) is 67.3 cm³/mol. The number of benzene rings is 1. The molecule has 0 aliphatic heterocycles. The first-order valence-electron chi connectivity index (χ1n) is 5.88. The molecule has 1 aromatic rings. The monoisotopic (exact) mass is 274 g/mol. The SMILES string of the molecule is CC(c1cccc(N)c1)N(C)C(=O)CCC(F)(F)F. The molecule has 0 bridgehead atoms. The second kappa shape index (κ2) is 5.95. The van der Waals surface area contributed by atoms with E-state index >= 15 is 0 Å². The van der Waals surface area contributed by atoms with Crippen LogP contribution in [0, 0.1) is 0 Å². The third-order valence-corrected chi connectivity index (χ3v) is 2.99. The third-order valence-electron chi connectivity index (χ3n) is 2.99. The number of nitrogens with two attached hydrogens (primary N) is 1. The fourth-order valence-electron chi connectivity index (χ4n) is 1.68. The summed E-state index contributed by atoms with van der Waals surface area (Å²) in [6.07, 6.45) is -5.94. The van der Waals surface area contributed by atoms with Crippen molar-refractivity contribution in [2.24, 2.45) is 0 Å². The Bertz CT molecular complexity index is 446. The largest absolute Gasteiger partial charge is 0.399 e. The van der Waals surface area contributed by atoms with Crippen LogP contribution in [0.25, 0.3) is 0 Å². The number of anilines is 1. The lowest BCUT2D eigenvalue weighted by molar-refractivity contribution is -0.149. The number of halogens is 3. The molecule has 0 aromatic heterocycles. The summed E-state index contributed by atoms with van der Waals surface area (Å²) in [6, 6.07) is 6.63. The highest BCUT2D eigenvalue weighted by Gasteiger charge is 2.29. The highest BCUT2D eigenvalue weighted by Crippen LogP contribution is 2.25. The van der Waals surface area contributed by atoms with E-state index in [4.69, 9.17) is 5.73 Å². The van der Waals surface area contributed by atoms with E-state index < -0.39 is 24.9 Å². The number of rotatable bonds is 4. The van der Waals surface area contributed by atoms with Gasteiger partial charge < -0.3 is 10.6 Å². The van der Waals surface area contributed by atoms with Crippen molar-refractivity contribution in [1.29, 1.82) is 0 Å². The van der Waals surface area contributed by atoms with Crippen LogP contribution in [0.2, 0.25) is 0 Å². The number of carbonyl (C=O) groups excluding carboxylic acids is 1. The number of hydrogen-bond acceptors (Lipinski definition) is 2. The van der Waals surface area contributed by atoms with Gasteiger partial charge in [-0.25, -0.2) is 0 Å². The summed E-state index contributed by atoms with van der Waals surface area (Å²) in [5.74, 6) is -0.535. The van der Waals surface area contributed by atoms with Gasteiger partial charge in [0.05, 0.1) is 12.5 Å². The molecule has 0 saturated heterocycles. The van der Waals surface area contributed by atoms with Gasteiger partial charge in [0.25, 0.3) is 0 Å². The Kier molecular flexibility index (Phi) is 4.80. The van der Waals surface area contributed by atoms with E-state index in [1.807, 2.05) is 0 Å². The summed E-state index contributed by atoms with van der Waals surface area (Å²) < 4.78 is 36.2. The molecule has 0 spiro atoms. The molecule has 1 amide bonds. The van der Waals surface area contributed by atoms with Crippen LogP contribution in [-0.4, -0.2) is 24.0 Å². The molecule has 0 radical (unpaired) electrons. The molecule has 1 unspecified atom stereocenters. The second-order valence-electron chi connectivity index (χ2n) is 4.47. The zero-order valence-corrected chi connectivity index (χ0v) is 10.9. The van der Waals surface area contributed by atoms with Gasteiger partial charge in [0.2, 0.25) is 5.91 Å². The molecule has 0 saturated carbocycles. The van der Waals surface area contributed by atoms with Crippen molar-refractivity contribution < 1.29 is 18.0 Å². The molecule has 1 aromatic carbocycles. The van der Waals surface area contributed by atoms with Crippen LogP contribution < -0.4 is 5.73 Å². The number of nitrogens with zero attached hydrogens (tertiary/aromatic N) is 1. The van der Waals surface area contributed by atoms with Crippen LogP contribution in [-0.2, 0) is 4.79 Å². The summed E-state index contributed by atoms with van der Waals surface area (Å²) in [6.45, 7) is 1.75. The normalized spacial score (nSPS) is 13.1. The Morgan fingerprint density at radius 3 is 2.58 bits per heavy atom. The van der Waals surface area contributed by atoms with Gasteiger partial charge in [-0.05, 0) is 24.6 Å². The fourth-order valence-corrected chi connectivity index (χ4v) is 1.68. The van der Waals surface area contributed by atoms with Crippen molar-refractivity contribution in [1.82, 2.24) is 4.90 Å². The van der Waals surface area contributed by atoms with Crippen LogP contribution in [0.1, 0.15) is 31.4 Å². The van der Waals surface area contributed by atoms with Gasteiger partial charge in [-0.2, -0.15) is 13.2 Å². The van der Waals surface area contributed by atoms with Crippen LogP contribution in [0.15, 0.2) is 24.3 Å². The first kappa shape index (κ1) is 15.3. The van der Waals surface area contributed by atoms with Crippen molar-refractivity contribution in [3.05, 3.63) is 29.8 Å². The molecular formula is C13H17F3N2O. The minimum Gasteiger partial charge on any atom is -0.399 e. The van der Waals surface area contributed by atoms with E-state index in [9.17, 15) is 18.0 Å². The molecule has 1 atom stereocenters.